The fraction of sp³-hybridized carbons (Fsp3) is 0.562. The summed E-state index contributed by atoms with van der Waals surface area (Å²) >= 11 is 11.9. The maximum absolute atomic E-state index is 12.0. The van der Waals surface area contributed by atoms with Gasteiger partial charge in [-0.2, -0.15) is 0 Å². The molecule has 19 heavy (non-hydrogen) atoms. The van der Waals surface area contributed by atoms with Crippen LogP contribution in [0.1, 0.15) is 44.6 Å². The molecule has 1 fully saturated rings. The van der Waals surface area contributed by atoms with Gasteiger partial charge in [0.05, 0.1) is 10.0 Å². The highest BCUT2D eigenvalue weighted by Gasteiger charge is 2.28. The van der Waals surface area contributed by atoms with E-state index in [0.717, 1.165) is 37.2 Å². The van der Waals surface area contributed by atoms with Gasteiger partial charge in [0.15, 0.2) is 0 Å². The van der Waals surface area contributed by atoms with Crippen LogP contribution >= 0.6 is 23.2 Å². The zero-order valence-corrected chi connectivity index (χ0v) is 12.8. The minimum atomic E-state index is 0.169. The smallest absolute Gasteiger partial charge is 0.136 e. The normalized spacial score (nSPS) is 23.6. The molecule has 0 N–H and O–H groups in total. The van der Waals surface area contributed by atoms with Gasteiger partial charge in [-0.05, 0) is 42.9 Å². The topological polar surface area (TPSA) is 17.1 Å². The van der Waals surface area contributed by atoms with Crippen LogP contribution < -0.4 is 0 Å². The van der Waals surface area contributed by atoms with Gasteiger partial charge >= 0.3 is 0 Å². The van der Waals surface area contributed by atoms with Crippen molar-refractivity contribution in [1.82, 2.24) is 0 Å². The van der Waals surface area contributed by atoms with Crippen molar-refractivity contribution in [2.45, 2.75) is 45.4 Å². The molecule has 1 aromatic rings. The van der Waals surface area contributed by atoms with Gasteiger partial charge in [0.2, 0.25) is 0 Å². The monoisotopic (exact) mass is 298 g/mol. The van der Waals surface area contributed by atoms with Crippen LogP contribution in [0, 0.1) is 11.8 Å². The lowest BCUT2D eigenvalue weighted by molar-refractivity contribution is -0.125. The zero-order valence-electron chi connectivity index (χ0n) is 11.3. The van der Waals surface area contributed by atoms with E-state index in [-0.39, 0.29) is 5.92 Å². The van der Waals surface area contributed by atoms with Crippen LogP contribution in [0.4, 0.5) is 0 Å². The Bertz CT molecular complexity index is 456. The Labute approximate surface area is 125 Å². The highest BCUT2D eigenvalue weighted by Crippen LogP contribution is 2.32. The van der Waals surface area contributed by atoms with Crippen LogP contribution in [0.5, 0.6) is 0 Å². The summed E-state index contributed by atoms with van der Waals surface area (Å²) in [5, 5.41) is 1.15. The summed E-state index contributed by atoms with van der Waals surface area (Å²) in [6.07, 6.45) is 6.10. The largest absolute Gasteiger partial charge is 0.299 e. The quantitative estimate of drug-likeness (QED) is 0.735. The van der Waals surface area contributed by atoms with Crippen molar-refractivity contribution in [2.75, 3.05) is 0 Å². The SMILES string of the molecule is CCCC1CCC(=O)C(Cc2ccc(Cl)c(Cl)c2)C1. The lowest BCUT2D eigenvalue weighted by Gasteiger charge is -2.28. The molecule has 1 aromatic carbocycles. The molecule has 0 saturated heterocycles. The third-order valence-corrected chi connectivity index (χ3v) is 4.77. The number of ketones is 1. The van der Waals surface area contributed by atoms with Crippen molar-refractivity contribution in [1.29, 1.82) is 0 Å². The number of carbonyl (C=O) groups excluding carboxylic acids is 1. The van der Waals surface area contributed by atoms with Crippen molar-refractivity contribution < 1.29 is 4.79 Å². The van der Waals surface area contributed by atoms with Crippen molar-refractivity contribution in [3.63, 3.8) is 0 Å². The molecule has 0 amide bonds. The summed E-state index contributed by atoms with van der Waals surface area (Å²) in [4.78, 5) is 12.0. The second kappa shape index (κ2) is 6.76. The van der Waals surface area contributed by atoms with Crippen molar-refractivity contribution >= 4 is 29.0 Å². The summed E-state index contributed by atoms with van der Waals surface area (Å²) in [7, 11) is 0. The molecule has 0 radical (unpaired) electrons. The van der Waals surface area contributed by atoms with Crippen LogP contribution in [0.2, 0.25) is 10.0 Å². The van der Waals surface area contributed by atoms with Crippen LogP contribution in [0.3, 0.4) is 0 Å². The predicted octanol–water partition coefficient (Wildman–Crippen LogP) is 5.32. The Balaban J connectivity index is 2.03. The number of Topliss-reactive ketones (excluding diaryl/α,β-unsaturated/α-hetero) is 1. The van der Waals surface area contributed by atoms with Gasteiger partial charge in [-0.15, -0.1) is 0 Å². The number of halogens is 2. The number of carbonyl (C=O) groups is 1. The molecule has 1 aliphatic rings. The fourth-order valence-electron chi connectivity index (χ4n) is 3.02. The maximum atomic E-state index is 12.0. The van der Waals surface area contributed by atoms with Gasteiger partial charge in [0, 0.05) is 12.3 Å². The van der Waals surface area contributed by atoms with E-state index < -0.39 is 0 Å². The fourth-order valence-corrected chi connectivity index (χ4v) is 3.34. The molecule has 0 bridgehead atoms. The first kappa shape index (κ1) is 14.9. The molecular weight excluding hydrogens is 279 g/mol. The standard InChI is InChI=1S/C16H20Cl2O/c1-2-3-11-5-7-16(19)13(8-11)9-12-4-6-14(17)15(18)10-12/h4,6,10-11,13H,2-3,5,7-9H2,1H3. The predicted molar refractivity (Wildman–Crippen MR) is 80.9 cm³/mol. The Morgan fingerprint density at radius 3 is 2.74 bits per heavy atom. The highest BCUT2D eigenvalue weighted by atomic mass is 35.5. The number of hydrogen-bond acceptors (Lipinski definition) is 1. The van der Waals surface area contributed by atoms with E-state index in [4.69, 9.17) is 23.2 Å². The minimum Gasteiger partial charge on any atom is -0.299 e. The van der Waals surface area contributed by atoms with Gasteiger partial charge in [-0.1, -0.05) is 49.0 Å². The molecule has 0 aromatic heterocycles. The molecular formula is C16H20Cl2O. The van der Waals surface area contributed by atoms with Crippen molar-refractivity contribution in [3.8, 4) is 0 Å². The maximum Gasteiger partial charge on any atom is 0.136 e. The summed E-state index contributed by atoms with van der Waals surface area (Å²) in [6, 6.07) is 5.68. The van der Waals surface area contributed by atoms with Gasteiger partial charge in [0.1, 0.15) is 5.78 Å². The molecule has 0 spiro atoms. The van der Waals surface area contributed by atoms with Gasteiger partial charge in [-0.25, -0.2) is 0 Å². The second-order valence-electron chi connectivity index (χ2n) is 5.54. The van der Waals surface area contributed by atoms with Crippen LogP contribution in [0.25, 0.3) is 0 Å². The first-order chi connectivity index (χ1) is 9.10. The Hall–Kier alpha value is -0.530. The van der Waals surface area contributed by atoms with Gasteiger partial charge in [0.25, 0.3) is 0 Å². The third-order valence-electron chi connectivity index (χ3n) is 4.04. The lowest BCUT2D eigenvalue weighted by atomic mass is 9.76. The molecule has 1 aliphatic carbocycles. The summed E-state index contributed by atoms with van der Waals surface area (Å²) in [5.74, 6) is 1.30. The number of benzene rings is 1. The molecule has 3 heteroatoms. The number of hydrogen-bond donors (Lipinski definition) is 0. The molecule has 2 rings (SSSR count). The van der Waals surface area contributed by atoms with Crippen LogP contribution in [0.15, 0.2) is 18.2 Å². The Kier molecular flexibility index (Phi) is 5.29. The first-order valence-electron chi connectivity index (χ1n) is 7.06. The highest BCUT2D eigenvalue weighted by molar-refractivity contribution is 6.42. The van der Waals surface area contributed by atoms with E-state index in [2.05, 4.69) is 6.92 Å². The third kappa shape index (κ3) is 3.97. The van der Waals surface area contributed by atoms with E-state index in [1.54, 1.807) is 0 Å². The van der Waals surface area contributed by atoms with Gasteiger partial charge in [-0.3, -0.25) is 4.79 Å². The molecule has 104 valence electrons. The van der Waals surface area contributed by atoms with E-state index in [0.29, 0.717) is 15.8 Å². The zero-order chi connectivity index (χ0) is 13.8. The first-order valence-corrected chi connectivity index (χ1v) is 7.82. The molecule has 1 nitrogen and oxygen atoms in total. The summed E-state index contributed by atoms with van der Waals surface area (Å²) in [6.45, 7) is 2.21. The lowest BCUT2D eigenvalue weighted by Crippen LogP contribution is -2.26. The molecule has 1 saturated carbocycles. The molecule has 0 aliphatic heterocycles. The van der Waals surface area contributed by atoms with E-state index >= 15 is 0 Å². The average Bonchev–Trinajstić information content (AvgIpc) is 2.38. The minimum absolute atomic E-state index is 0.169. The second-order valence-corrected chi connectivity index (χ2v) is 6.36. The average molecular weight is 299 g/mol. The van der Waals surface area contributed by atoms with Crippen molar-refractivity contribution in [2.24, 2.45) is 11.8 Å². The molecule has 2 atom stereocenters. The van der Waals surface area contributed by atoms with E-state index in [1.165, 1.54) is 12.8 Å². The number of rotatable bonds is 4. The molecule has 0 heterocycles. The molecule has 2 unspecified atom stereocenters. The van der Waals surface area contributed by atoms with Gasteiger partial charge < -0.3 is 0 Å². The van der Waals surface area contributed by atoms with E-state index in [9.17, 15) is 4.79 Å². The van der Waals surface area contributed by atoms with Crippen molar-refractivity contribution in [3.05, 3.63) is 33.8 Å². The van der Waals surface area contributed by atoms with E-state index in [1.807, 2.05) is 18.2 Å². The Morgan fingerprint density at radius 1 is 1.26 bits per heavy atom. The van der Waals surface area contributed by atoms with Crippen LogP contribution in [-0.4, -0.2) is 5.78 Å². The van der Waals surface area contributed by atoms with Crippen LogP contribution in [-0.2, 0) is 11.2 Å². The Morgan fingerprint density at radius 2 is 2.05 bits per heavy atom. The summed E-state index contributed by atoms with van der Waals surface area (Å²) in [5.41, 5.74) is 1.12. The summed E-state index contributed by atoms with van der Waals surface area (Å²) < 4.78 is 0.